The van der Waals surface area contributed by atoms with E-state index < -0.39 is 106 Å². The highest BCUT2D eigenvalue weighted by Crippen LogP contribution is 2.46. The van der Waals surface area contributed by atoms with Gasteiger partial charge < -0.3 is 86.9 Å². The number of amides is 7. The molecule has 6 fully saturated rings. The second-order valence-electron chi connectivity index (χ2n) is 31.8. The van der Waals surface area contributed by atoms with Crippen LogP contribution in [0.25, 0.3) is 0 Å². The van der Waals surface area contributed by atoms with E-state index in [0.717, 1.165) is 64.2 Å². The molecular formula is C74H110Cl2N10O17. The summed E-state index contributed by atoms with van der Waals surface area (Å²) in [5.74, 6) is -1.31. The van der Waals surface area contributed by atoms with Crippen molar-refractivity contribution in [2.45, 2.75) is 255 Å². The first kappa shape index (κ1) is 81.5. The largest absolute Gasteiger partial charge is 0.496 e. The van der Waals surface area contributed by atoms with E-state index in [4.69, 9.17) is 74.1 Å². The Hall–Kier alpha value is -7.20. The lowest BCUT2D eigenvalue weighted by Crippen LogP contribution is -2.59. The molecule has 4 heterocycles. The molecule has 27 nitrogen and oxygen atoms in total. The number of halogens is 2. The molecule has 4 aliphatic heterocycles. The molecule has 0 bridgehead atoms. The molecule has 4 saturated carbocycles. The molecule has 29 heteroatoms. The molecule has 2 saturated heterocycles. The zero-order valence-corrected chi connectivity index (χ0v) is 63.0. The minimum atomic E-state index is -1.59. The minimum Gasteiger partial charge on any atom is -0.496 e. The molecule has 0 aromatic heterocycles. The fourth-order valence-corrected chi connectivity index (χ4v) is 15.5. The lowest BCUT2D eigenvalue weighted by molar-refractivity contribution is -0.150. The Balaban J connectivity index is 0.000000231. The molecular weight excluding hydrogens is 1370 g/mol. The maximum atomic E-state index is 14.7. The van der Waals surface area contributed by atoms with Crippen LogP contribution in [0.2, 0.25) is 10.0 Å². The number of carbonyl (C=O) groups is 8. The molecule has 103 heavy (non-hydrogen) atoms. The van der Waals surface area contributed by atoms with E-state index >= 15 is 0 Å². The second kappa shape index (κ2) is 35.3. The van der Waals surface area contributed by atoms with E-state index in [0.29, 0.717) is 93.1 Å². The maximum absolute atomic E-state index is 14.7. The molecule has 12 N–H and O–H groups in total. The number of hydrogen-bond acceptors (Lipinski definition) is 19. The van der Waals surface area contributed by atoms with E-state index in [1.165, 1.54) is 76.8 Å². The van der Waals surface area contributed by atoms with E-state index in [1.54, 1.807) is 24.3 Å². The molecule has 7 amide bonds. The van der Waals surface area contributed by atoms with E-state index in [1.807, 2.05) is 41.5 Å². The Morgan fingerprint density at radius 1 is 0.553 bits per heavy atom. The first-order valence-corrected chi connectivity index (χ1v) is 37.2. The number of benzene rings is 2. The quantitative estimate of drug-likeness (QED) is 0.0432. The molecule has 2 spiro atoms. The van der Waals surface area contributed by atoms with Crippen LogP contribution in [0.3, 0.4) is 0 Å². The number of nitrogens with one attached hydrogen (secondary N) is 3. The summed E-state index contributed by atoms with van der Waals surface area (Å²) in [6.07, 6.45) is 17.0. The van der Waals surface area contributed by atoms with Gasteiger partial charge >= 0.3 is 5.97 Å². The number of nitrogens with zero attached hydrogens (tertiary/aromatic N) is 4. The first-order chi connectivity index (χ1) is 48.6. The summed E-state index contributed by atoms with van der Waals surface area (Å²) in [4.78, 5) is 119. The highest BCUT2D eigenvalue weighted by Gasteiger charge is 2.58. The van der Waals surface area contributed by atoms with E-state index in [9.17, 15) is 48.6 Å². The summed E-state index contributed by atoms with van der Waals surface area (Å²) in [6, 6.07) is 1.25. The van der Waals surface area contributed by atoms with Crippen molar-refractivity contribution in [3.05, 3.63) is 45.4 Å². The number of nitrogens with two attached hydrogens (primary N) is 3. The number of aliphatic carboxylic acids is 1. The predicted molar refractivity (Wildman–Crippen MR) is 386 cm³/mol. The Kier molecular flexibility index (Phi) is 27.9. The van der Waals surface area contributed by atoms with Gasteiger partial charge in [0.1, 0.15) is 53.3 Å². The molecule has 10 atom stereocenters. The molecule has 4 aliphatic carbocycles. The molecule has 2 aromatic rings. The summed E-state index contributed by atoms with van der Waals surface area (Å²) in [6.45, 7) is 11.3. The number of carbonyl (C=O) groups excluding carboxylic acids is 7. The fourth-order valence-electron chi connectivity index (χ4n) is 15.0. The van der Waals surface area contributed by atoms with Crippen LogP contribution in [0.4, 0.5) is 0 Å². The number of likely N-dealkylation sites (tertiary alicyclic amines) is 2. The number of carboxylic acids is 1. The number of primary amides is 2. The average Bonchev–Trinajstić information content (AvgIpc) is 1.61. The van der Waals surface area contributed by atoms with Crippen LogP contribution in [0.1, 0.15) is 207 Å². The predicted octanol–water partition coefficient (Wildman–Crippen LogP) is 7.60. The average molecular weight is 1480 g/mol. The maximum Gasteiger partial charge on any atom is 0.326 e. The number of aliphatic hydroxyl groups is 2. The van der Waals surface area contributed by atoms with E-state index in [2.05, 4.69) is 26.3 Å². The van der Waals surface area contributed by atoms with Gasteiger partial charge in [0.25, 0.3) is 0 Å². The third-order valence-electron chi connectivity index (χ3n) is 21.2. The van der Waals surface area contributed by atoms with E-state index in [-0.39, 0.29) is 62.4 Å². The summed E-state index contributed by atoms with van der Waals surface area (Å²) < 4.78 is 21.8. The van der Waals surface area contributed by atoms with Crippen molar-refractivity contribution in [3.8, 4) is 23.0 Å². The van der Waals surface area contributed by atoms with Crippen LogP contribution >= 0.6 is 23.2 Å². The third kappa shape index (κ3) is 21.5. The number of methoxy groups -OCH3 is 4. The van der Waals surface area contributed by atoms with Crippen LogP contribution < -0.4 is 52.1 Å². The smallest absolute Gasteiger partial charge is 0.326 e. The van der Waals surface area contributed by atoms with Crippen LogP contribution in [0.5, 0.6) is 23.0 Å². The molecule has 0 radical (unpaired) electrons. The molecule has 10 rings (SSSR count). The summed E-state index contributed by atoms with van der Waals surface area (Å²) >= 11 is 12.8. The van der Waals surface area contributed by atoms with Gasteiger partial charge in [-0.3, -0.25) is 33.6 Å². The SMILES string of the molecule is COc1cc(OC)c(C2=NO[C@]3(C2)C[C@@H](C(=O)N[C@@H](CC2CC2)C(O)C(N)=O)N(C(=O)[C@@H](NC(=O)CC2CCCCCC2)C(C)(C)C)C3)cc1Cl.COc1cc(OC)c(C2=NO[C@]3(C2)C[C@@H](C(=O)O)N(C(=O)[C@@H](NC(=O)CC2CCCCCC2)C(C)(C)C)C3)cc1Cl.NC(=O)C(O)[C@@H](N)CC1CC1. The molecule has 8 aliphatic rings. The van der Waals surface area contributed by atoms with Gasteiger partial charge in [-0.25, -0.2) is 4.79 Å². The van der Waals surface area contributed by atoms with Gasteiger partial charge in [0.05, 0.1) is 69.0 Å². The number of aliphatic hydroxyl groups excluding tert-OH is 2. The highest BCUT2D eigenvalue weighted by molar-refractivity contribution is 6.33. The lowest BCUT2D eigenvalue weighted by atomic mass is 9.85. The van der Waals surface area contributed by atoms with Crippen LogP contribution in [-0.4, -0.2) is 185 Å². The Bertz CT molecular complexity index is 3430. The highest BCUT2D eigenvalue weighted by atomic mass is 35.5. The van der Waals surface area contributed by atoms with Gasteiger partial charge in [-0.1, -0.05) is 152 Å². The van der Waals surface area contributed by atoms with Gasteiger partial charge in [0.2, 0.25) is 41.4 Å². The summed E-state index contributed by atoms with van der Waals surface area (Å²) in [5.41, 5.74) is 14.6. The number of ether oxygens (including phenoxy) is 4. The molecule has 572 valence electrons. The number of oxime groups is 2. The Morgan fingerprint density at radius 3 is 1.29 bits per heavy atom. The van der Waals surface area contributed by atoms with Crippen LogP contribution in [0, 0.1) is 34.5 Å². The van der Waals surface area contributed by atoms with Gasteiger partial charge in [0.15, 0.2) is 17.3 Å². The van der Waals surface area contributed by atoms with Crippen LogP contribution in [0.15, 0.2) is 34.6 Å². The van der Waals surface area contributed by atoms with Gasteiger partial charge in [0, 0.05) is 67.8 Å². The normalized spacial score (nSPS) is 23.9. The topological polar surface area (TPSA) is 398 Å². The molecule has 2 unspecified atom stereocenters. The van der Waals surface area contributed by atoms with Crippen molar-refractivity contribution in [1.29, 1.82) is 0 Å². The van der Waals surface area contributed by atoms with Crippen molar-refractivity contribution in [3.63, 3.8) is 0 Å². The van der Waals surface area contributed by atoms with Crippen molar-refractivity contribution < 1.29 is 82.3 Å². The van der Waals surface area contributed by atoms with Crippen molar-refractivity contribution >= 4 is 81.9 Å². The zero-order valence-electron chi connectivity index (χ0n) is 61.5. The molecule has 2 aromatic carbocycles. The third-order valence-corrected chi connectivity index (χ3v) is 21.8. The zero-order chi connectivity index (χ0) is 75.5. The van der Waals surface area contributed by atoms with Gasteiger partial charge in [-0.15, -0.1) is 0 Å². The standard InChI is InChI=1S/C37H54ClN5O8.C30H42ClN3O7.C7H14N2O2/c1-36(2,3)32(41-30(44)15-21-10-8-6-7-9-11-21)35(48)43-20-37(18-26(42-51-37)23-16-24(38)29(50-5)17-28(23)49-4)19-27(43)34(47)40-25(14-22-12-13-22)31(45)33(39)46;1-29(2,3)26(32-25(35)12-18-10-8-6-7-9-11-18)27(36)34-17-30(16-22(34)28(37)38)15-21(33-41-30)19-13-20(31)24(40-5)14-23(19)39-4;8-5(3-4-1-2-4)6(10)7(9)11/h16-17,21-22,25,27,31-32,45H,6-15,18-20H2,1-5H3,(H2,39,46)(H,40,47)(H,41,44);13-14,18,22,26H,6-12,15-17H2,1-5H3,(H,32,35)(H,37,38);4-6,10H,1-3,8H2,(H2,9,11)/t25-,27-,31?,32+,37+;22-,26+,30+;5-,6?/m000/s1. The van der Waals surface area contributed by atoms with Crippen molar-refractivity contribution in [1.82, 2.24) is 25.8 Å². The van der Waals surface area contributed by atoms with Gasteiger partial charge in [-0.05, 0) is 85.2 Å². The summed E-state index contributed by atoms with van der Waals surface area (Å²) in [5, 5.41) is 48.1. The number of carboxylic acid groups (broad SMARTS) is 1. The fraction of sp³-hybridized carbons (Fsp3) is 0.703. The van der Waals surface area contributed by atoms with Crippen LogP contribution in [-0.2, 0) is 48.0 Å². The van der Waals surface area contributed by atoms with Gasteiger partial charge in [-0.2, -0.15) is 0 Å². The minimum absolute atomic E-state index is 0.000136. The first-order valence-electron chi connectivity index (χ1n) is 36.4. The summed E-state index contributed by atoms with van der Waals surface area (Å²) in [7, 11) is 6.05. The van der Waals surface area contributed by atoms with Crippen molar-refractivity contribution in [2.24, 2.45) is 62.0 Å². The second-order valence-corrected chi connectivity index (χ2v) is 32.6. The monoisotopic (exact) mass is 1480 g/mol. The lowest BCUT2D eigenvalue weighted by Gasteiger charge is -2.36. The number of rotatable bonds is 25. The Labute approximate surface area is 614 Å². The van der Waals surface area contributed by atoms with Crippen molar-refractivity contribution in [2.75, 3.05) is 41.5 Å². The Morgan fingerprint density at radius 2 is 0.932 bits per heavy atom. The number of hydrogen-bond donors (Lipinski definition) is 9.